The Morgan fingerprint density at radius 3 is 2.00 bits per heavy atom. The highest BCUT2D eigenvalue weighted by Gasteiger charge is 2.05. The van der Waals surface area contributed by atoms with Crippen molar-refractivity contribution in [2.45, 2.75) is 20.8 Å². The minimum absolute atomic E-state index is 0.343. The van der Waals surface area contributed by atoms with E-state index in [1.807, 2.05) is 19.1 Å². The van der Waals surface area contributed by atoms with E-state index in [-0.39, 0.29) is 0 Å². The van der Waals surface area contributed by atoms with Crippen LogP contribution in [0.5, 0.6) is 5.75 Å². The van der Waals surface area contributed by atoms with Crippen LogP contribution in [-0.4, -0.2) is 5.11 Å². The van der Waals surface area contributed by atoms with Crippen LogP contribution >= 0.6 is 0 Å². The Balaban J connectivity index is 2.62. The number of hydrogen-bond donors (Lipinski definition) is 1. The standard InChI is InChI=1S/C15H16O/c1-10-4-5-15(16)14(9-10)13-7-11(2)6-12(3)8-13/h4-9,16H,1-3H3. The number of phenolic OH excluding ortho intramolecular Hbond substituents is 1. The molecule has 0 bridgehead atoms. The third-order valence-corrected chi connectivity index (χ3v) is 2.68. The van der Waals surface area contributed by atoms with Crippen LogP contribution in [0, 0.1) is 20.8 Å². The van der Waals surface area contributed by atoms with Crippen LogP contribution in [0.3, 0.4) is 0 Å². The molecule has 0 unspecified atom stereocenters. The van der Waals surface area contributed by atoms with Crippen molar-refractivity contribution in [3.8, 4) is 16.9 Å². The first kappa shape index (κ1) is 10.7. The van der Waals surface area contributed by atoms with Gasteiger partial charge in [0.05, 0.1) is 0 Å². The number of phenols is 1. The topological polar surface area (TPSA) is 20.2 Å². The first-order valence-electron chi connectivity index (χ1n) is 5.44. The van der Waals surface area contributed by atoms with Gasteiger partial charge in [0.15, 0.2) is 0 Å². The molecule has 2 aromatic carbocycles. The fourth-order valence-corrected chi connectivity index (χ4v) is 2.01. The molecule has 0 spiro atoms. The lowest BCUT2D eigenvalue weighted by molar-refractivity contribution is 0.477. The molecule has 0 aliphatic heterocycles. The Bertz CT molecular complexity index is 507. The molecule has 82 valence electrons. The predicted octanol–water partition coefficient (Wildman–Crippen LogP) is 3.98. The molecular weight excluding hydrogens is 196 g/mol. The van der Waals surface area contributed by atoms with Crippen LogP contribution in [-0.2, 0) is 0 Å². The predicted molar refractivity (Wildman–Crippen MR) is 67.8 cm³/mol. The highest BCUT2D eigenvalue weighted by molar-refractivity contribution is 5.71. The van der Waals surface area contributed by atoms with Crippen LogP contribution in [0.2, 0.25) is 0 Å². The summed E-state index contributed by atoms with van der Waals surface area (Å²) in [6.07, 6.45) is 0. The molecule has 1 nitrogen and oxygen atoms in total. The van der Waals surface area contributed by atoms with E-state index < -0.39 is 0 Å². The summed E-state index contributed by atoms with van der Waals surface area (Å²) >= 11 is 0. The quantitative estimate of drug-likeness (QED) is 0.758. The number of hydrogen-bond acceptors (Lipinski definition) is 1. The molecule has 0 radical (unpaired) electrons. The summed E-state index contributed by atoms with van der Waals surface area (Å²) in [7, 11) is 0. The second-order valence-corrected chi connectivity index (χ2v) is 4.40. The molecular formula is C15H16O. The molecule has 0 fully saturated rings. The van der Waals surface area contributed by atoms with Crippen molar-refractivity contribution >= 4 is 0 Å². The Morgan fingerprint density at radius 1 is 0.750 bits per heavy atom. The molecule has 16 heavy (non-hydrogen) atoms. The van der Waals surface area contributed by atoms with Gasteiger partial charge in [-0.2, -0.15) is 0 Å². The maximum atomic E-state index is 9.87. The van der Waals surface area contributed by atoms with Gasteiger partial charge < -0.3 is 5.11 Å². The van der Waals surface area contributed by atoms with Gasteiger partial charge in [-0.15, -0.1) is 0 Å². The van der Waals surface area contributed by atoms with Crippen molar-refractivity contribution in [2.75, 3.05) is 0 Å². The van der Waals surface area contributed by atoms with Crippen LogP contribution < -0.4 is 0 Å². The van der Waals surface area contributed by atoms with Gasteiger partial charge in [-0.05, 0) is 38.5 Å². The molecule has 1 heteroatoms. The molecule has 0 aliphatic rings. The van der Waals surface area contributed by atoms with Gasteiger partial charge in [-0.25, -0.2) is 0 Å². The molecule has 0 atom stereocenters. The summed E-state index contributed by atoms with van der Waals surface area (Å²) in [6, 6.07) is 12.0. The number of aryl methyl sites for hydroxylation is 3. The monoisotopic (exact) mass is 212 g/mol. The zero-order valence-corrected chi connectivity index (χ0v) is 9.91. The normalized spacial score (nSPS) is 10.4. The zero-order chi connectivity index (χ0) is 11.7. The summed E-state index contributed by atoms with van der Waals surface area (Å²) in [4.78, 5) is 0. The van der Waals surface area contributed by atoms with E-state index in [9.17, 15) is 5.11 Å². The maximum Gasteiger partial charge on any atom is 0.123 e. The fraction of sp³-hybridized carbons (Fsp3) is 0.200. The van der Waals surface area contributed by atoms with Gasteiger partial charge in [0.2, 0.25) is 0 Å². The molecule has 2 rings (SSSR count). The second kappa shape index (κ2) is 4.01. The number of benzene rings is 2. The molecule has 2 aromatic rings. The van der Waals surface area contributed by atoms with Crippen LogP contribution in [0.15, 0.2) is 36.4 Å². The van der Waals surface area contributed by atoms with Crippen molar-refractivity contribution < 1.29 is 5.11 Å². The lowest BCUT2D eigenvalue weighted by Gasteiger charge is -2.08. The summed E-state index contributed by atoms with van der Waals surface area (Å²) < 4.78 is 0. The Morgan fingerprint density at radius 2 is 1.38 bits per heavy atom. The molecule has 1 N–H and O–H groups in total. The van der Waals surface area contributed by atoms with E-state index in [1.165, 1.54) is 11.1 Å². The van der Waals surface area contributed by atoms with E-state index in [1.54, 1.807) is 6.07 Å². The highest BCUT2D eigenvalue weighted by Crippen LogP contribution is 2.31. The van der Waals surface area contributed by atoms with E-state index >= 15 is 0 Å². The van der Waals surface area contributed by atoms with Crippen LogP contribution in [0.4, 0.5) is 0 Å². The van der Waals surface area contributed by atoms with Crippen molar-refractivity contribution in [1.82, 2.24) is 0 Å². The van der Waals surface area contributed by atoms with E-state index in [0.29, 0.717) is 5.75 Å². The molecule has 0 heterocycles. The Labute approximate surface area is 96.4 Å². The van der Waals surface area contributed by atoms with Gasteiger partial charge in [0, 0.05) is 5.56 Å². The maximum absolute atomic E-state index is 9.87. The summed E-state index contributed by atoms with van der Waals surface area (Å²) in [5.74, 6) is 0.343. The van der Waals surface area contributed by atoms with Gasteiger partial charge in [0.25, 0.3) is 0 Å². The lowest BCUT2D eigenvalue weighted by atomic mass is 9.99. The molecule has 0 saturated heterocycles. The Kier molecular flexibility index (Phi) is 2.69. The number of rotatable bonds is 1. The average Bonchev–Trinajstić information content (AvgIpc) is 2.20. The van der Waals surface area contributed by atoms with E-state index in [4.69, 9.17) is 0 Å². The summed E-state index contributed by atoms with van der Waals surface area (Å²) in [6.45, 7) is 6.18. The summed E-state index contributed by atoms with van der Waals surface area (Å²) in [5.41, 5.74) is 5.59. The van der Waals surface area contributed by atoms with Crippen molar-refractivity contribution in [3.05, 3.63) is 53.1 Å². The second-order valence-electron chi connectivity index (χ2n) is 4.40. The molecule has 0 saturated carbocycles. The minimum atomic E-state index is 0.343. The van der Waals surface area contributed by atoms with Crippen LogP contribution in [0.1, 0.15) is 16.7 Å². The Hall–Kier alpha value is -1.76. The third kappa shape index (κ3) is 2.08. The third-order valence-electron chi connectivity index (χ3n) is 2.68. The molecule has 0 aromatic heterocycles. The van der Waals surface area contributed by atoms with E-state index in [2.05, 4.69) is 32.0 Å². The minimum Gasteiger partial charge on any atom is -0.507 e. The smallest absolute Gasteiger partial charge is 0.123 e. The molecule has 0 aliphatic carbocycles. The van der Waals surface area contributed by atoms with Crippen molar-refractivity contribution in [1.29, 1.82) is 0 Å². The van der Waals surface area contributed by atoms with Gasteiger partial charge >= 0.3 is 0 Å². The van der Waals surface area contributed by atoms with Gasteiger partial charge in [-0.3, -0.25) is 0 Å². The fourth-order valence-electron chi connectivity index (χ4n) is 2.01. The largest absolute Gasteiger partial charge is 0.507 e. The zero-order valence-electron chi connectivity index (χ0n) is 9.91. The van der Waals surface area contributed by atoms with Gasteiger partial charge in [0.1, 0.15) is 5.75 Å². The number of aromatic hydroxyl groups is 1. The van der Waals surface area contributed by atoms with Crippen molar-refractivity contribution in [3.63, 3.8) is 0 Å². The summed E-state index contributed by atoms with van der Waals surface area (Å²) in [5, 5.41) is 9.87. The average molecular weight is 212 g/mol. The lowest BCUT2D eigenvalue weighted by Crippen LogP contribution is -1.84. The highest BCUT2D eigenvalue weighted by atomic mass is 16.3. The molecule has 0 amide bonds. The van der Waals surface area contributed by atoms with Crippen molar-refractivity contribution in [2.24, 2.45) is 0 Å². The van der Waals surface area contributed by atoms with E-state index in [0.717, 1.165) is 16.7 Å². The first-order chi connectivity index (χ1) is 7.56. The SMILES string of the molecule is Cc1cc(C)cc(-c2cc(C)ccc2O)c1. The first-order valence-corrected chi connectivity index (χ1v) is 5.44. The van der Waals surface area contributed by atoms with Crippen LogP contribution in [0.25, 0.3) is 11.1 Å². The van der Waals surface area contributed by atoms with Gasteiger partial charge in [-0.1, -0.05) is 41.0 Å².